The van der Waals surface area contributed by atoms with Crippen molar-refractivity contribution in [1.29, 1.82) is 0 Å². The number of benzene rings is 1. The molecule has 0 atom stereocenters. The molecule has 78 valence electrons. The SMILES string of the molecule is O=C(O)/C=C1\CCCc2cc(Br)ccc21. The Morgan fingerprint density at radius 1 is 1.40 bits per heavy atom. The number of rotatable bonds is 1. The summed E-state index contributed by atoms with van der Waals surface area (Å²) in [5, 5.41) is 8.76. The first kappa shape index (κ1) is 10.4. The summed E-state index contributed by atoms with van der Waals surface area (Å²) in [5.41, 5.74) is 3.27. The van der Waals surface area contributed by atoms with Crippen molar-refractivity contribution in [2.75, 3.05) is 0 Å². The fourth-order valence-corrected chi connectivity index (χ4v) is 2.39. The Balaban J connectivity index is 2.47. The fraction of sp³-hybridized carbons (Fsp3) is 0.250. The average molecular weight is 267 g/mol. The van der Waals surface area contributed by atoms with Gasteiger partial charge in [-0.1, -0.05) is 22.0 Å². The summed E-state index contributed by atoms with van der Waals surface area (Å²) in [6.45, 7) is 0. The van der Waals surface area contributed by atoms with Gasteiger partial charge in [0.05, 0.1) is 0 Å². The normalized spacial score (nSPS) is 17.5. The molecule has 1 aromatic carbocycles. The summed E-state index contributed by atoms with van der Waals surface area (Å²) in [5.74, 6) is -0.860. The molecule has 0 fully saturated rings. The number of carboxylic acids is 1. The number of fused-ring (bicyclic) bond motifs is 1. The zero-order valence-corrected chi connectivity index (χ0v) is 9.75. The molecule has 0 aromatic heterocycles. The lowest BCUT2D eigenvalue weighted by Gasteiger charge is -2.18. The molecular weight excluding hydrogens is 256 g/mol. The van der Waals surface area contributed by atoms with Gasteiger partial charge in [0, 0.05) is 10.5 Å². The van der Waals surface area contributed by atoms with Gasteiger partial charge in [-0.2, -0.15) is 0 Å². The number of aliphatic carboxylic acids is 1. The molecule has 0 bridgehead atoms. The van der Waals surface area contributed by atoms with Crippen molar-refractivity contribution in [3.63, 3.8) is 0 Å². The zero-order valence-electron chi connectivity index (χ0n) is 8.16. The molecule has 1 aliphatic carbocycles. The molecule has 0 aliphatic heterocycles. The predicted molar refractivity (Wildman–Crippen MR) is 62.7 cm³/mol. The van der Waals surface area contributed by atoms with Gasteiger partial charge in [0.1, 0.15) is 0 Å². The summed E-state index contributed by atoms with van der Waals surface area (Å²) >= 11 is 3.43. The largest absolute Gasteiger partial charge is 0.478 e. The Hall–Kier alpha value is -1.09. The summed E-state index contributed by atoms with van der Waals surface area (Å²) in [6, 6.07) is 6.03. The lowest BCUT2D eigenvalue weighted by atomic mass is 9.87. The molecule has 0 unspecified atom stereocenters. The number of hydrogen-bond acceptors (Lipinski definition) is 1. The topological polar surface area (TPSA) is 37.3 Å². The predicted octanol–water partition coefficient (Wildman–Crippen LogP) is 3.25. The second-order valence-electron chi connectivity index (χ2n) is 3.66. The monoisotopic (exact) mass is 266 g/mol. The van der Waals surface area contributed by atoms with E-state index in [0.29, 0.717) is 0 Å². The highest BCUT2D eigenvalue weighted by Gasteiger charge is 2.14. The van der Waals surface area contributed by atoms with Crippen LogP contribution in [0.15, 0.2) is 28.7 Å². The Morgan fingerprint density at radius 3 is 2.93 bits per heavy atom. The molecule has 0 heterocycles. The van der Waals surface area contributed by atoms with Crippen molar-refractivity contribution in [3.8, 4) is 0 Å². The van der Waals surface area contributed by atoms with E-state index in [9.17, 15) is 4.79 Å². The van der Waals surface area contributed by atoms with Crippen LogP contribution in [0.3, 0.4) is 0 Å². The van der Waals surface area contributed by atoms with Crippen LogP contribution >= 0.6 is 15.9 Å². The van der Waals surface area contributed by atoms with E-state index in [1.807, 2.05) is 12.1 Å². The molecule has 0 amide bonds. The highest BCUT2D eigenvalue weighted by molar-refractivity contribution is 9.10. The Morgan fingerprint density at radius 2 is 2.20 bits per heavy atom. The van der Waals surface area contributed by atoms with E-state index in [0.717, 1.165) is 34.9 Å². The average Bonchev–Trinajstić information content (AvgIpc) is 2.16. The third-order valence-electron chi connectivity index (χ3n) is 2.60. The fourth-order valence-electron chi connectivity index (χ4n) is 1.99. The minimum absolute atomic E-state index is 0.860. The Bertz CT molecular complexity index is 435. The maximum atomic E-state index is 10.7. The van der Waals surface area contributed by atoms with Gasteiger partial charge in [0.25, 0.3) is 0 Å². The highest BCUT2D eigenvalue weighted by atomic mass is 79.9. The molecule has 1 aromatic rings. The zero-order chi connectivity index (χ0) is 10.8. The van der Waals surface area contributed by atoms with Crippen molar-refractivity contribution in [2.45, 2.75) is 19.3 Å². The van der Waals surface area contributed by atoms with Crippen molar-refractivity contribution in [1.82, 2.24) is 0 Å². The van der Waals surface area contributed by atoms with E-state index < -0.39 is 5.97 Å². The van der Waals surface area contributed by atoms with E-state index in [-0.39, 0.29) is 0 Å². The Labute approximate surface area is 96.7 Å². The number of allylic oxidation sites excluding steroid dienone is 1. The first-order valence-electron chi connectivity index (χ1n) is 4.89. The van der Waals surface area contributed by atoms with Crippen LogP contribution in [0.4, 0.5) is 0 Å². The maximum absolute atomic E-state index is 10.7. The maximum Gasteiger partial charge on any atom is 0.328 e. The van der Waals surface area contributed by atoms with Crippen molar-refractivity contribution >= 4 is 27.5 Å². The van der Waals surface area contributed by atoms with E-state index in [1.54, 1.807) is 0 Å². The molecule has 2 rings (SSSR count). The Kier molecular flexibility index (Phi) is 2.91. The standard InChI is InChI=1S/C12H11BrO2/c13-10-4-5-11-8(6-10)2-1-3-9(11)7-12(14)15/h4-7H,1-3H2,(H,14,15)/b9-7+. The van der Waals surface area contributed by atoms with Crippen LogP contribution in [0.25, 0.3) is 5.57 Å². The van der Waals surface area contributed by atoms with Crippen LogP contribution in [0, 0.1) is 0 Å². The van der Waals surface area contributed by atoms with Gasteiger partial charge in [-0.25, -0.2) is 4.79 Å². The number of carbonyl (C=O) groups is 1. The third kappa shape index (κ3) is 2.29. The van der Waals surface area contributed by atoms with Gasteiger partial charge < -0.3 is 5.11 Å². The molecular formula is C12H11BrO2. The second-order valence-corrected chi connectivity index (χ2v) is 4.58. The van der Waals surface area contributed by atoms with Crippen LogP contribution in [0.5, 0.6) is 0 Å². The van der Waals surface area contributed by atoms with Gasteiger partial charge in [0.15, 0.2) is 0 Å². The van der Waals surface area contributed by atoms with E-state index in [1.165, 1.54) is 11.6 Å². The molecule has 15 heavy (non-hydrogen) atoms. The van der Waals surface area contributed by atoms with Crippen molar-refractivity contribution in [3.05, 3.63) is 39.9 Å². The molecule has 0 radical (unpaired) electrons. The number of carboxylic acid groups (broad SMARTS) is 1. The molecule has 0 saturated carbocycles. The smallest absolute Gasteiger partial charge is 0.328 e. The van der Waals surface area contributed by atoms with Crippen molar-refractivity contribution < 1.29 is 9.90 Å². The first-order valence-corrected chi connectivity index (χ1v) is 5.68. The van der Waals surface area contributed by atoms with Gasteiger partial charge in [-0.15, -0.1) is 0 Å². The first-order chi connectivity index (χ1) is 7.16. The summed E-state index contributed by atoms with van der Waals surface area (Å²) in [6.07, 6.45) is 4.25. The minimum atomic E-state index is -0.860. The minimum Gasteiger partial charge on any atom is -0.478 e. The van der Waals surface area contributed by atoms with Gasteiger partial charge in [-0.3, -0.25) is 0 Å². The van der Waals surface area contributed by atoms with Crippen LogP contribution in [0.2, 0.25) is 0 Å². The lowest BCUT2D eigenvalue weighted by Crippen LogP contribution is -2.03. The number of halogens is 1. The third-order valence-corrected chi connectivity index (χ3v) is 3.10. The van der Waals surface area contributed by atoms with Crippen LogP contribution in [-0.2, 0) is 11.2 Å². The van der Waals surface area contributed by atoms with E-state index in [2.05, 4.69) is 22.0 Å². The van der Waals surface area contributed by atoms with E-state index >= 15 is 0 Å². The van der Waals surface area contributed by atoms with Gasteiger partial charge >= 0.3 is 5.97 Å². The van der Waals surface area contributed by atoms with Crippen LogP contribution < -0.4 is 0 Å². The van der Waals surface area contributed by atoms with Crippen molar-refractivity contribution in [2.24, 2.45) is 0 Å². The molecule has 1 N–H and O–H groups in total. The van der Waals surface area contributed by atoms with Crippen LogP contribution in [0.1, 0.15) is 24.0 Å². The number of aryl methyl sites for hydroxylation is 1. The summed E-state index contributed by atoms with van der Waals surface area (Å²) in [4.78, 5) is 10.7. The van der Waals surface area contributed by atoms with E-state index in [4.69, 9.17) is 5.11 Å². The quantitative estimate of drug-likeness (QED) is 0.793. The molecule has 0 saturated heterocycles. The second kappa shape index (κ2) is 4.19. The van der Waals surface area contributed by atoms with Crippen LogP contribution in [-0.4, -0.2) is 11.1 Å². The summed E-state index contributed by atoms with van der Waals surface area (Å²) < 4.78 is 1.05. The molecule has 2 nitrogen and oxygen atoms in total. The molecule has 0 spiro atoms. The summed E-state index contributed by atoms with van der Waals surface area (Å²) in [7, 11) is 0. The molecule has 1 aliphatic rings. The number of hydrogen-bond donors (Lipinski definition) is 1. The molecule has 3 heteroatoms. The highest BCUT2D eigenvalue weighted by Crippen LogP contribution is 2.32. The van der Waals surface area contributed by atoms with Gasteiger partial charge in [0.2, 0.25) is 0 Å². The lowest BCUT2D eigenvalue weighted by molar-refractivity contribution is -0.131. The van der Waals surface area contributed by atoms with Gasteiger partial charge in [-0.05, 0) is 48.1 Å².